The predicted octanol–water partition coefficient (Wildman–Crippen LogP) is 4.05. The van der Waals surface area contributed by atoms with Gasteiger partial charge >= 0.3 is 6.18 Å². The lowest BCUT2D eigenvalue weighted by Crippen LogP contribution is -2.49. The molecule has 4 rings (SSSR count). The fourth-order valence-corrected chi connectivity index (χ4v) is 3.58. The highest BCUT2D eigenvalue weighted by molar-refractivity contribution is 5.79. The van der Waals surface area contributed by atoms with Crippen LogP contribution in [0.15, 0.2) is 66.9 Å². The zero-order valence-corrected chi connectivity index (χ0v) is 16.7. The average molecular weight is 426 g/mol. The Hall–Kier alpha value is -3.42. The van der Waals surface area contributed by atoms with E-state index in [-0.39, 0.29) is 12.3 Å². The maximum Gasteiger partial charge on any atom is 0.416 e. The summed E-state index contributed by atoms with van der Waals surface area (Å²) in [6, 6.07) is 16.5. The molecule has 1 amide bonds. The van der Waals surface area contributed by atoms with Gasteiger partial charge in [-0.15, -0.1) is 0 Å². The minimum atomic E-state index is -4.42. The normalized spacial score (nSPS) is 14.5. The van der Waals surface area contributed by atoms with Gasteiger partial charge in [0.15, 0.2) is 5.82 Å². The predicted molar refractivity (Wildman–Crippen MR) is 111 cm³/mol. The Kier molecular flexibility index (Phi) is 5.88. The summed E-state index contributed by atoms with van der Waals surface area (Å²) in [5.74, 6) is 1.26. The van der Waals surface area contributed by atoms with E-state index in [0.29, 0.717) is 37.6 Å². The summed E-state index contributed by atoms with van der Waals surface area (Å²) in [7, 11) is 0. The second-order valence-corrected chi connectivity index (χ2v) is 7.35. The SMILES string of the molecule is O=C(Cc1cccc(C(F)(F)F)c1)N1CCN(c2ccnc(-c3ccccc3)n2)CC1. The number of benzene rings is 2. The Morgan fingerprint density at radius 1 is 0.935 bits per heavy atom. The molecule has 0 atom stereocenters. The summed E-state index contributed by atoms with van der Waals surface area (Å²) in [5.41, 5.74) is 0.561. The van der Waals surface area contributed by atoms with Gasteiger partial charge in [-0.3, -0.25) is 4.79 Å². The van der Waals surface area contributed by atoms with E-state index in [1.165, 1.54) is 6.07 Å². The van der Waals surface area contributed by atoms with E-state index >= 15 is 0 Å². The van der Waals surface area contributed by atoms with Crippen molar-refractivity contribution in [2.45, 2.75) is 12.6 Å². The summed E-state index contributed by atoms with van der Waals surface area (Å²) in [6.45, 7) is 2.17. The van der Waals surface area contributed by atoms with Crippen molar-refractivity contribution in [2.75, 3.05) is 31.1 Å². The lowest BCUT2D eigenvalue weighted by atomic mass is 10.1. The van der Waals surface area contributed by atoms with Crippen LogP contribution in [0.25, 0.3) is 11.4 Å². The molecule has 0 unspecified atom stereocenters. The molecule has 1 saturated heterocycles. The van der Waals surface area contributed by atoms with Gasteiger partial charge in [-0.2, -0.15) is 13.2 Å². The number of piperazine rings is 1. The number of hydrogen-bond acceptors (Lipinski definition) is 4. The van der Waals surface area contributed by atoms with Crippen molar-refractivity contribution in [3.63, 3.8) is 0 Å². The highest BCUT2D eigenvalue weighted by Gasteiger charge is 2.30. The molecular formula is C23H21F3N4O. The molecule has 31 heavy (non-hydrogen) atoms. The van der Waals surface area contributed by atoms with Gasteiger partial charge in [0.05, 0.1) is 12.0 Å². The summed E-state index contributed by atoms with van der Waals surface area (Å²) in [4.78, 5) is 25.4. The first kappa shape index (κ1) is 20.8. The van der Waals surface area contributed by atoms with Crippen molar-refractivity contribution in [1.29, 1.82) is 0 Å². The number of carbonyl (C=O) groups excluding carboxylic acids is 1. The summed E-state index contributed by atoms with van der Waals surface area (Å²) in [6.07, 6.45) is -2.74. The Morgan fingerprint density at radius 2 is 1.68 bits per heavy atom. The molecular weight excluding hydrogens is 405 g/mol. The third-order valence-corrected chi connectivity index (χ3v) is 5.24. The number of amides is 1. The van der Waals surface area contributed by atoms with Gasteiger partial charge in [0.25, 0.3) is 0 Å². The average Bonchev–Trinajstić information content (AvgIpc) is 2.79. The van der Waals surface area contributed by atoms with E-state index in [1.54, 1.807) is 17.2 Å². The Balaban J connectivity index is 1.37. The molecule has 2 aromatic carbocycles. The zero-order chi connectivity index (χ0) is 21.8. The standard InChI is InChI=1S/C23H21F3N4O/c24-23(25,26)19-8-4-5-17(15-19)16-21(31)30-13-11-29(12-14-30)20-9-10-27-22(28-20)18-6-2-1-3-7-18/h1-10,15H,11-14,16H2. The molecule has 8 heteroatoms. The van der Waals surface area contributed by atoms with E-state index in [2.05, 4.69) is 14.9 Å². The Morgan fingerprint density at radius 3 is 2.39 bits per heavy atom. The number of hydrogen-bond donors (Lipinski definition) is 0. The largest absolute Gasteiger partial charge is 0.416 e. The van der Waals surface area contributed by atoms with Gasteiger partial charge in [-0.05, 0) is 17.7 Å². The smallest absolute Gasteiger partial charge is 0.353 e. The number of alkyl halides is 3. The van der Waals surface area contributed by atoms with Gasteiger partial charge in [-0.1, -0.05) is 48.5 Å². The fourth-order valence-electron chi connectivity index (χ4n) is 3.58. The maximum atomic E-state index is 12.9. The first-order valence-corrected chi connectivity index (χ1v) is 9.97. The lowest BCUT2D eigenvalue weighted by molar-refractivity contribution is -0.138. The molecule has 1 aliphatic rings. The minimum Gasteiger partial charge on any atom is -0.353 e. The quantitative estimate of drug-likeness (QED) is 0.632. The van der Waals surface area contributed by atoms with E-state index in [1.807, 2.05) is 36.4 Å². The number of rotatable bonds is 4. The van der Waals surface area contributed by atoms with E-state index in [9.17, 15) is 18.0 Å². The van der Waals surface area contributed by atoms with Crippen LogP contribution in [-0.2, 0) is 17.4 Å². The van der Waals surface area contributed by atoms with Crippen molar-refractivity contribution in [2.24, 2.45) is 0 Å². The lowest BCUT2D eigenvalue weighted by Gasteiger charge is -2.35. The second kappa shape index (κ2) is 8.75. The van der Waals surface area contributed by atoms with Gasteiger partial charge in [0.1, 0.15) is 5.82 Å². The molecule has 0 spiro atoms. The Bertz CT molecular complexity index is 1050. The highest BCUT2D eigenvalue weighted by Crippen LogP contribution is 2.29. The van der Waals surface area contributed by atoms with Crippen molar-refractivity contribution < 1.29 is 18.0 Å². The van der Waals surface area contributed by atoms with Crippen LogP contribution in [0.1, 0.15) is 11.1 Å². The number of anilines is 1. The van der Waals surface area contributed by atoms with Crippen LogP contribution in [0.3, 0.4) is 0 Å². The summed E-state index contributed by atoms with van der Waals surface area (Å²) >= 11 is 0. The molecule has 0 N–H and O–H groups in total. The maximum absolute atomic E-state index is 12.9. The van der Waals surface area contributed by atoms with Gasteiger partial charge in [0, 0.05) is 37.9 Å². The van der Waals surface area contributed by atoms with Crippen molar-refractivity contribution >= 4 is 11.7 Å². The van der Waals surface area contributed by atoms with Crippen LogP contribution < -0.4 is 4.90 Å². The minimum absolute atomic E-state index is 0.0460. The van der Waals surface area contributed by atoms with Crippen LogP contribution in [0, 0.1) is 0 Å². The van der Waals surface area contributed by atoms with Crippen LogP contribution in [0.5, 0.6) is 0 Å². The van der Waals surface area contributed by atoms with Crippen molar-refractivity contribution in [1.82, 2.24) is 14.9 Å². The molecule has 0 saturated carbocycles. The third-order valence-electron chi connectivity index (χ3n) is 5.24. The number of aromatic nitrogens is 2. The van der Waals surface area contributed by atoms with Crippen molar-refractivity contribution in [3.05, 3.63) is 78.0 Å². The monoisotopic (exact) mass is 426 g/mol. The molecule has 1 aromatic heterocycles. The van der Waals surface area contributed by atoms with Crippen LogP contribution in [0.2, 0.25) is 0 Å². The van der Waals surface area contributed by atoms with E-state index in [4.69, 9.17) is 0 Å². The van der Waals surface area contributed by atoms with Gasteiger partial charge in [0.2, 0.25) is 5.91 Å². The number of carbonyl (C=O) groups is 1. The van der Waals surface area contributed by atoms with E-state index < -0.39 is 11.7 Å². The Labute approximate surface area is 178 Å². The molecule has 3 aromatic rings. The van der Waals surface area contributed by atoms with Crippen LogP contribution in [-0.4, -0.2) is 47.0 Å². The molecule has 1 aliphatic heterocycles. The molecule has 160 valence electrons. The fraction of sp³-hybridized carbons (Fsp3) is 0.261. The molecule has 0 aliphatic carbocycles. The zero-order valence-electron chi connectivity index (χ0n) is 16.7. The highest BCUT2D eigenvalue weighted by atomic mass is 19.4. The second-order valence-electron chi connectivity index (χ2n) is 7.35. The van der Waals surface area contributed by atoms with Crippen molar-refractivity contribution in [3.8, 4) is 11.4 Å². The number of nitrogens with zero attached hydrogens (tertiary/aromatic N) is 4. The molecule has 0 radical (unpaired) electrons. The van der Waals surface area contributed by atoms with Gasteiger partial charge < -0.3 is 9.80 Å². The molecule has 5 nitrogen and oxygen atoms in total. The first-order chi connectivity index (χ1) is 14.9. The van der Waals surface area contributed by atoms with E-state index in [0.717, 1.165) is 23.5 Å². The molecule has 0 bridgehead atoms. The summed E-state index contributed by atoms with van der Waals surface area (Å²) in [5, 5.41) is 0. The van der Waals surface area contributed by atoms with Gasteiger partial charge in [-0.25, -0.2) is 9.97 Å². The first-order valence-electron chi connectivity index (χ1n) is 9.97. The van der Waals surface area contributed by atoms with Crippen LogP contribution in [0.4, 0.5) is 19.0 Å². The third kappa shape index (κ3) is 5.02. The number of halogens is 3. The summed E-state index contributed by atoms with van der Waals surface area (Å²) < 4.78 is 38.7. The molecule has 2 heterocycles. The topological polar surface area (TPSA) is 49.3 Å². The molecule has 1 fully saturated rings. The van der Waals surface area contributed by atoms with Crippen LogP contribution >= 0.6 is 0 Å².